The van der Waals surface area contributed by atoms with Gasteiger partial charge in [0.25, 0.3) is 0 Å². The second-order valence-electron chi connectivity index (χ2n) is 7.80. The van der Waals surface area contributed by atoms with Crippen molar-refractivity contribution in [1.29, 1.82) is 0 Å². The standard InChI is InChI=1S/C22H27NO2/c1-16-8-4-5-9-18(16)22(24)20-11-7-6-10-19(20)21(25-22)14-12-17(13-15-21)23(2)3/h4-11,17,24H,12-15H2,1-3H3. The van der Waals surface area contributed by atoms with Crippen LogP contribution < -0.4 is 0 Å². The van der Waals surface area contributed by atoms with Crippen LogP contribution in [0, 0.1) is 6.92 Å². The number of rotatable bonds is 2. The molecule has 1 atom stereocenters. The molecular formula is C22H27NO2. The highest BCUT2D eigenvalue weighted by Gasteiger charge is 2.54. The largest absolute Gasteiger partial charge is 0.358 e. The van der Waals surface area contributed by atoms with Crippen molar-refractivity contribution in [3.05, 3.63) is 70.8 Å². The van der Waals surface area contributed by atoms with E-state index < -0.39 is 5.79 Å². The van der Waals surface area contributed by atoms with Gasteiger partial charge in [0.2, 0.25) is 5.79 Å². The Morgan fingerprint density at radius 1 is 0.920 bits per heavy atom. The van der Waals surface area contributed by atoms with E-state index in [1.165, 1.54) is 0 Å². The van der Waals surface area contributed by atoms with Gasteiger partial charge in [0.05, 0.1) is 5.60 Å². The molecule has 1 saturated carbocycles. The summed E-state index contributed by atoms with van der Waals surface area (Å²) >= 11 is 0. The Morgan fingerprint density at radius 2 is 1.48 bits per heavy atom. The molecule has 0 aromatic heterocycles. The van der Waals surface area contributed by atoms with Crippen LogP contribution in [0.25, 0.3) is 0 Å². The molecule has 1 fully saturated rings. The van der Waals surface area contributed by atoms with E-state index in [1.54, 1.807) is 0 Å². The van der Waals surface area contributed by atoms with Gasteiger partial charge in [-0.05, 0) is 57.8 Å². The van der Waals surface area contributed by atoms with Crippen LogP contribution in [0.15, 0.2) is 48.5 Å². The second kappa shape index (κ2) is 5.94. The van der Waals surface area contributed by atoms with Crippen LogP contribution in [0.3, 0.4) is 0 Å². The molecule has 0 bridgehead atoms. The van der Waals surface area contributed by atoms with Gasteiger partial charge >= 0.3 is 0 Å². The van der Waals surface area contributed by atoms with Gasteiger partial charge in [0.1, 0.15) is 0 Å². The molecule has 0 amide bonds. The number of aryl methyl sites for hydroxylation is 1. The third kappa shape index (κ3) is 2.53. The normalized spacial score (nSPS) is 31.5. The van der Waals surface area contributed by atoms with E-state index in [-0.39, 0.29) is 5.60 Å². The van der Waals surface area contributed by atoms with Crippen molar-refractivity contribution in [1.82, 2.24) is 4.90 Å². The highest BCUT2D eigenvalue weighted by atomic mass is 16.6. The molecule has 1 spiro atoms. The lowest BCUT2D eigenvalue weighted by molar-refractivity contribution is -0.244. The van der Waals surface area contributed by atoms with E-state index in [9.17, 15) is 5.11 Å². The van der Waals surface area contributed by atoms with Gasteiger partial charge in [-0.15, -0.1) is 0 Å². The van der Waals surface area contributed by atoms with Crippen molar-refractivity contribution in [2.45, 2.75) is 50.0 Å². The summed E-state index contributed by atoms with van der Waals surface area (Å²) in [6.45, 7) is 2.03. The average Bonchev–Trinajstić information content (AvgIpc) is 2.86. The maximum atomic E-state index is 11.7. The second-order valence-corrected chi connectivity index (χ2v) is 7.80. The maximum absolute atomic E-state index is 11.7. The first-order valence-electron chi connectivity index (χ1n) is 9.21. The molecule has 1 N–H and O–H groups in total. The number of ether oxygens (including phenoxy) is 1. The molecular weight excluding hydrogens is 310 g/mol. The number of hydrogen-bond acceptors (Lipinski definition) is 3. The molecule has 3 heteroatoms. The summed E-state index contributed by atoms with van der Waals surface area (Å²) in [4.78, 5) is 2.31. The molecule has 3 nitrogen and oxygen atoms in total. The lowest BCUT2D eigenvalue weighted by Crippen LogP contribution is -2.41. The molecule has 2 aromatic rings. The smallest absolute Gasteiger partial charge is 0.221 e. The molecule has 4 rings (SSSR count). The van der Waals surface area contributed by atoms with Gasteiger partial charge < -0.3 is 14.7 Å². The van der Waals surface area contributed by atoms with E-state index in [0.29, 0.717) is 6.04 Å². The molecule has 132 valence electrons. The lowest BCUT2D eigenvalue weighted by Gasteiger charge is -2.41. The Bertz CT molecular complexity index is 777. The van der Waals surface area contributed by atoms with Gasteiger partial charge in [-0.1, -0.05) is 48.5 Å². The van der Waals surface area contributed by atoms with Crippen LogP contribution >= 0.6 is 0 Å². The van der Waals surface area contributed by atoms with Crippen molar-refractivity contribution in [2.75, 3.05) is 14.1 Å². The molecule has 1 aliphatic heterocycles. The van der Waals surface area contributed by atoms with E-state index in [1.807, 2.05) is 43.3 Å². The summed E-state index contributed by atoms with van der Waals surface area (Å²) in [5, 5.41) is 11.7. The molecule has 1 unspecified atom stereocenters. The molecule has 1 heterocycles. The minimum absolute atomic E-state index is 0.375. The Kier molecular flexibility index (Phi) is 3.99. The predicted molar refractivity (Wildman–Crippen MR) is 99.3 cm³/mol. The minimum atomic E-state index is -1.35. The van der Waals surface area contributed by atoms with Crippen LogP contribution in [0.4, 0.5) is 0 Å². The van der Waals surface area contributed by atoms with Gasteiger partial charge in [0.15, 0.2) is 0 Å². The minimum Gasteiger partial charge on any atom is -0.358 e. The monoisotopic (exact) mass is 337 g/mol. The third-order valence-corrected chi connectivity index (χ3v) is 6.13. The van der Waals surface area contributed by atoms with Crippen LogP contribution in [-0.4, -0.2) is 30.1 Å². The van der Waals surface area contributed by atoms with Crippen molar-refractivity contribution >= 4 is 0 Å². The zero-order valence-electron chi connectivity index (χ0n) is 15.3. The summed E-state index contributed by atoms with van der Waals surface area (Å²) in [6.07, 6.45) is 4.07. The van der Waals surface area contributed by atoms with Crippen LogP contribution in [0.2, 0.25) is 0 Å². The van der Waals surface area contributed by atoms with Crippen LogP contribution in [0.1, 0.15) is 47.9 Å². The molecule has 2 aromatic carbocycles. The van der Waals surface area contributed by atoms with Crippen LogP contribution in [-0.2, 0) is 16.1 Å². The predicted octanol–water partition coefficient (Wildman–Crippen LogP) is 3.92. The number of aliphatic hydroxyl groups is 1. The van der Waals surface area contributed by atoms with Gasteiger partial charge in [-0.2, -0.15) is 0 Å². The summed E-state index contributed by atoms with van der Waals surface area (Å²) in [7, 11) is 4.30. The summed E-state index contributed by atoms with van der Waals surface area (Å²) in [6, 6.07) is 16.8. The van der Waals surface area contributed by atoms with Crippen molar-refractivity contribution in [3.63, 3.8) is 0 Å². The zero-order chi connectivity index (χ0) is 17.7. The first-order valence-corrected chi connectivity index (χ1v) is 9.21. The third-order valence-electron chi connectivity index (χ3n) is 6.13. The Morgan fingerprint density at radius 3 is 2.08 bits per heavy atom. The van der Waals surface area contributed by atoms with Gasteiger partial charge in [0, 0.05) is 17.2 Å². The van der Waals surface area contributed by atoms with Crippen molar-refractivity contribution in [3.8, 4) is 0 Å². The fourth-order valence-corrected chi connectivity index (χ4v) is 4.68. The zero-order valence-corrected chi connectivity index (χ0v) is 15.3. The van der Waals surface area contributed by atoms with E-state index in [4.69, 9.17) is 4.74 Å². The molecule has 1 aliphatic carbocycles. The lowest BCUT2D eigenvalue weighted by atomic mass is 9.77. The molecule has 0 saturated heterocycles. The Balaban J connectivity index is 1.78. The van der Waals surface area contributed by atoms with E-state index in [0.717, 1.165) is 47.9 Å². The first kappa shape index (κ1) is 16.8. The highest BCUT2D eigenvalue weighted by Crippen LogP contribution is 2.55. The van der Waals surface area contributed by atoms with E-state index >= 15 is 0 Å². The molecule has 2 aliphatic rings. The van der Waals surface area contributed by atoms with Crippen molar-refractivity contribution < 1.29 is 9.84 Å². The van der Waals surface area contributed by atoms with Gasteiger partial charge in [-0.25, -0.2) is 0 Å². The summed E-state index contributed by atoms with van der Waals surface area (Å²) in [5.74, 6) is -1.35. The van der Waals surface area contributed by atoms with Crippen molar-refractivity contribution in [2.24, 2.45) is 0 Å². The fourth-order valence-electron chi connectivity index (χ4n) is 4.68. The maximum Gasteiger partial charge on any atom is 0.221 e. The molecule has 25 heavy (non-hydrogen) atoms. The summed E-state index contributed by atoms with van der Waals surface area (Å²) in [5.41, 5.74) is 3.61. The average molecular weight is 337 g/mol. The highest BCUT2D eigenvalue weighted by molar-refractivity contribution is 5.48. The van der Waals surface area contributed by atoms with E-state index in [2.05, 4.69) is 31.1 Å². The number of nitrogens with zero attached hydrogens (tertiary/aromatic N) is 1. The number of benzene rings is 2. The van der Waals surface area contributed by atoms with Gasteiger partial charge in [-0.3, -0.25) is 0 Å². The molecule has 0 radical (unpaired) electrons. The van der Waals surface area contributed by atoms with Crippen LogP contribution in [0.5, 0.6) is 0 Å². The Labute approximate surface area is 150 Å². The topological polar surface area (TPSA) is 32.7 Å². The number of hydrogen-bond donors (Lipinski definition) is 1. The SMILES string of the molecule is Cc1ccccc1C1(O)OC2(CCC(N(C)C)CC2)c2ccccc21. The fraction of sp³-hybridized carbons (Fsp3) is 0.455. The Hall–Kier alpha value is -1.68. The number of fused-ring (bicyclic) bond motifs is 2. The summed E-state index contributed by atoms with van der Waals surface area (Å²) < 4.78 is 6.58. The first-order chi connectivity index (χ1) is 12.0. The quantitative estimate of drug-likeness (QED) is 0.901.